The molecule has 1 aliphatic heterocycles. The van der Waals surface area contributed by atoms with Crippen molar-refractivity contribution in [3.05, 3.63) is 39.8 Å². The Bertz CT molecular complexity index is 574. The van der Waals surface area contributed by atoms with Gasteiger partial charge in [0.15, 0.2) is 0 Å². The zero-order valence-electron chi connectivity index (χ0n) is 12.1. The number of aryl methyl sites for hydroxylation is 1. The van der Waals surface area contributed by atoms with E-state index < -0.39 is 0 Å². The molecule has 2 N–H and O–H groups in total. The van der Waals surface area contributed by atoms with Crippen molar-refractivity contribution in [3.63, 3.8) is 0 Å². The van der Waals surface area contributed by atoms with Crippen molar-refractivity contribution >= 4 is 11.3 Å². The standard InChI is InChI=1S/C15H22N4S/c1-3-18-10-12(9-17-18)14(8-16)19-6-4-15-13(11(19)2)5-7-20-15/h5,7,9-11,14H,3-4,6,8,16H2,1-2H3. The Morgan fingerprint density at radius 2 is 2.40 bits per heavy atom. The van der Waals surface area contributed by atoms with Crippen LogP contribution in [0.5, 0.6) is 0 Å². The SMILES string of the molecule is CCn1cc(C(CN)N2CCc3sccc3C2C)cn1. The molecule has 2 aromatic rings. The fraction of sp³-hybridized carbons (Fsp3) is 0.533. The maximum atomic E-state index is 6.07. The normalized spacial score (nSPS) is 20.9. The predicted octanol–water partition coefficient (Wildman–Crippen LogP) is 2.58. The van der Waals surface area contributed by atoms with Crippen LogP contribution in [0.4, 0.5) is 0 Å². The molecule has 1 aliphatic rings. The third-order valence-corrected chi connectivity index (χ3v) is 5.31. The largest absolute Gasteiger partial charge is 0.329 e. The maximum Gasteiger partial charge on any atom is 0.0538 e. The van der Waals surface area contributed by atoms with Gasteiger partial charge in [-0.05, 0) is 37.3 Å². The van der Waals surface area contributed by atoms with Gasteiger partial charge in [-0.15, -0.1) is 11.3 Å². The molecule has 20 heavy (non-hydrogen) atoms. The van der Waals surface area contributed by atoms with E-state index in [0.29, 0.717) is 12.6 Å². The highest BCUT2D eigenvalue weighted by atomic mass is 32.1. The summed E-state index contributed by atoms with van der Waals surface area (Å²) in [5.74, 6) is 0. The molecule has 3 heterocycles. The van der Waals surface area contributed by atoms with Gasteiger partial charge in [0.25, 0.3) is 0 Å². The summed E-state index contributed by atoms with van der Waals surface area (Å²) in [4.78, 5) is 4.06. The van der Waals surface area contributed by atoms with Gasteiger partial charge in [-0.25, -0.2) is 0 Å². The summed E-state index contributed by atoms with van der Waals surface area (Å²) >= 11 is 1.88. The first kappa shape index (κ1) is 13.8. The number of aromatic nitrogens is 2. The van der Waals surface area contributed by atoms with Crippen molar-refractivity contribution in [3.8, 4) is 0 Å². The second-order valence-corrected chi connectivity index (χ2v) is 6.34. The van der Waals surface area contributed by atoms with Gasteiger partial charge in [0.2, 0.25) is 0 Å². The molecule has 4 nitrogen and oxygen atoms in total. The molecule has 0 saturated heterocycles. The van der Waals surface area contributed by atoms with Crippen LogP contribution in [0.15, 0.2) is 23.8 Å². The maximum absolute atomic E-state index is 6.07. The highest BCUT2D eigenvalue weighted by Gasteiger charge is 2.30. The summed E-state index contributed by atoms with van der Waals surface area (Å²) in [5.41, 5.74) is 8.78. The second-order valence-electron chi connectivity index (χ2n) is 5.34. The monoisotopic (exact) mass is 290 g/mol. The Balaban J connectivity index is 1.87. The number of hydrogen-bond acceptors (Lipinski definition) is 4. The van der Waals surface area contributed by atoms with Crippen LogP contribution in [0.3, 0.4) is 0 Å². The van der Waals surface area contributed by atoms with Gasteiger partial charge >= 0.3 is 0 Å². The minimum atomic E-state index is 0.262. The van der Waals surface area contributed by atoms with Crippen molar-refractivity contribution in [1.82, 2.24) is 14.7 Å². The molecule has 0 saturated carbocycles. The summed E-state index contributed by atoms with van der Waals surface area (Å²) in [6, 6.07) is 2.96. The molecular formula is C15H22N4S. The highest BCUT2D eigenvalue weighted by Crippen LogP contribution is 2.37. The number of thiophene rings is 1. The molecule has 0 bridgehead atoms. The first-order valence-corrected chi connectivity index (χ1v) is 8.17. The van der Waals surface area contributed by atoms with Crippen LogP contribution < -0.4 is 5.73 Å². The van der Waals surface area contributed by atoms with Gasteiger partial charge < -0.3 is 5.73 Å². The second kappa shape index (κ2) is 5.68. The van der Waals surface area contributed by atoms with Gasteiger partial charge in [0, 0.05) is 42.3 Å². The first-order chi connectivity index (χ1) is 9.74. The average Bonchev–Trinajstić information content (AvgIpc) is 3.11. The third kappa shape index (κ3) is 2.30. The number of fused-ring (bicyclic) bond motifs is 1. The smallest absolute Gasteiger partial charge is 0.0538 e. The van der Waals surface area contributed by atoms with Crippen LogP contribution in [0.1, 0.15) is 41.9 Å². The van der Waals surface area contributed by atoms with E-state index in [0.717, 1.165) is 19.5 Å². The van der Waals surface area contributed by atoms with Gasteiger partial charge in [-0.2, -0.15) is 5.10 Å². The van der Waals surface area contributed by atoms with E-state index in [9.17, 15) is 0 Å². The van der Waals surface area contributed by atoms with Crippen LogP contribution in [0.2, 0.25) is 0 Å². The number of nitrogens with two attached hydrogens (primary N) is 1. The van der Waals surface area contributed by atoms with E-state index in [1.54, 1.807) is 0 Å². The van der Waals surface area contributed by atoms with Gasteiger partial charge in [0.05, 0.1) is 12.2 Å². The van der Waals surface area contributed by atoms with Crippen LogP contribution in [-0.4, -0.2) is 27.8 Å². The first-order valence-electron chi connectivity index (χ1n) is 7.29. The van der Waals surface area contributed by atoms with Crippen molar-refractivity contribution < 1.29 is 0 Å². The van der Waals surface area contributed by atoms with Crippen LogP contribution in [0.25, 0.3) is 0 Å². The Labute approximate surface area is 124 Å². The minimum Gasteiger partial charge on any atom is -0.329 e. The highest BCUT2D eigenvalue weighted by molar-refractivity contribution is 7.10. The molecule has 2 aromatic heterocycles. The molecular weight excluding hydrogens is 268 g/mol. The zero-order valence-corrected chi connectivity index (χ0v) is 12.9. The summed E-state index contributed by atoms with van der Waals surface area (Å²) in [7, 11) is 0. The summed E-state index contributed by atoms with van der Waals surface area (Å²) < 4.78 is 1.97. The predicted molar refractivity (Wildman–Crippen MR) is 82.8 cm³/mol. The molecule has 0 aromatic carbocycles. The molecule has 108 valence electrons. The Hall–Kier alpha value is -1.17. The average molecular weight is 290 g/mol. The molecule has 2 atom stereocenters. The summed E-state index contributed by atoms with van der Waals surface area (Å²) in [5, 5.41) is 6.60. The van der Waals surface area contributed by atoms with Gasteiger partial charge in [-0.1, -0.05) is 0 Å². The Kier molecular flexibility index (Phi) is 3.92. The number of nitrogens with zero attached hydrogens (tertiary/aromatic N) is 3. The molecule has 0 spiro atoms. The molecule has 0 amide bonds. The van der Waals surface area contributed by atoms with Crippen molar-refractivity contribution in [1.29, 1.82) is 0 Å². The Morgan fingerprint density at radius 3 is 3.10 bits per heavy atom. The molecule has 3 rings (SSSR count). The zero-order chi connectivity index (χ0) is 14.1. The molecule has 2 unspecified atom stereocenters. The minimum absolute atomic E-state index is 0.262. The van der Waals surface area contributed by atoms with Crippen molar-refractivity contribution in [2.75, 3.05) is 13.1 Å². The Morgan fingerprint density at radius 1 is 1.55 bits per heavy atom. The molecule has 0 fully saturated rings. The van der Waals surface area contributed by atoms with E-state index >= 15 is 0 Å². The van der Waals surface area contributed by atoms with Crippen molar-refractivity contribution in [2.24, 2.45) is 5.73 Å². The van der Waals surface area contributed by atoms with Gasteiger partial charge in [0.1, 0.15) is 0 Å². The summed E-state index contributed by atoms with van der Waals surface area (Å²) in [6.07, 6.45) is 5.24. The molecule has 0 radical (unpaired) electrons. The number of rotatable bonds is 4. The molecule has 5 heteroatoms. The van der Waals surface area contributed by atoms with Crippen LogP contribution >= 0.6 is 11.3 Å². The van der Waals surface area contributed by atoms with Gasteiger partial charge in [-0.3, -0.25) is 9.58 Å². The quantitative estimate of drug-likeness (QED) is 0.941. The lowest BCUT2D eigenvalue weighted by Gasteiger charge is -2.39. The fourth-order valence-corrected chi connectivity index (χ4v) is 4.10. The van der Waals surface area contributed by atoms with Crippen molar-refractivity contribution in [2.45, 2.75) is 38.9 Å². The lowest BCUT2D eigenvalue weighted by molar-refractivity contribution is 0.138. The lowest BCUT2D eigenvalue weighted by atomic mass is 9.97. The van der Waals surface area contributed by atoms with E-state index in [-0.39, 0.29) is 6.04 Å². The van der Waals surface area contributed by atoms with E-state index in [2.05, 4.69) is 41.5 Å². The summed E-state index contributed by atoms with van der Waals surface area (Å²) in [6.45, 7) is 7.02. The molecule has 0 aliphatic carbocycles. The van der Waals surface area contributed by atoms with E-state index in [4.69, 9.17) is 5.73 Å². The van der Waals surface area contributed by atoms with Crippen LogP contribution in [-0.2, 0) is 13.0 Å². The third-order valence-electron chi connectivity index (χ3n) is 4.31. The topological polar surface area (TPSA) is 47.1 Å². The lowest BCUT2D eigenvalue weighted by Crippen LogP contribution is -2.39. The van der Waals surface area contributed by atoms with E-state index in [1.807, 2.05) is 22.2 Å². The fourth-order valence-electron chi connectivity index (χ4n) is 3.14. The number of hydrogen-bond donors (Lipinski definition) is 1. The van der Waals surface area contributed by atoms with Crippen LogP contribution in [0, 0.1) is 0 Å². The van der Waals surface area contributed by atoms with E-state index in [1.165, 1.54) is 16.0 Å².